The highest BCUT2D eigenvalue weighted by molar-refractivity contribution is 7.89. The van der Waals surface area contributed by atoms with Crippen molar-refractivity contribution in [3.8, 4) is 0 Å². The number of carbonyl (C=O) groups is 2. The van der Waals surface area contributed by atoms with Gasteiger partial charge in [0.05, 0.1) is 10.8 Å². The molecule has 0 heterocycles. The van der Waals surface area contributed by atoms with Gasteiger partial charge in [-0.05, 0) is 31.9 Å². The molecule has 136 valence electrons. The van der Waals surface area contributed by atoms with Crippen molar-refractivity contribution in [1.82, 2.24) is 4.72 Å². The number of halogens is 1. The van der Waals surface area contributed by atoms with Gasteiger partial charge in [0.15, 0.2) is 0 Å². The lowest BCUT2D eigenvalue weighted by molar-refractivity contribution is -0.138. The van der Waals surface area contributed by atoms with Crippen LogP contribution in [-0.2, 0) is 19.6 Å². The lowest BCUT2D eigenvalue weighted by Crippen LogP contribution is -2.30. The Bertz CT molecular complexity index is 605. The molecule has 0 amide bonds. The fourth-order valence-electron chi connectivity index (χ4n) is 1.62. The quantitative estimate of drug-likeness (QED) is 0.337. The molecule has 9 heteroatoms. The van der Waals surface area contributed by atoms with Crippen LogP contribution < -0.4 is 10.5 Å². The van der Waals surface area contributed by atoms with Crippen molar-refractivity contribution in [1.29, 1.82) is 0 Å². The molecular weight excluding hydrogens is 356 g/mol. The molecule has 1 aromatic rings. The van der Waals surface area contributed by atoms with E-state index in [-0.39, 0.29) is 17.3 Å². The van der Waals surface area contributed by atoms with Crippen LogP contribution in [0.25, 0.3) is 0 Å². The smallest absolute Gasteiger partial charge is 0.320 e. The Kier molecular flexibility index (Phi) is 11.2. The van der Waals surface area contributed by atoms with Gasteiger partial charge in [0.25, 0.3) is 0 Å². The second-order valence-electron chi connectivity index (χ2n) is 4.97. The zero-order valence-corrected chi connectivity index (χ0v) is 15.0. The number of sulfonamides is 1. The maximum absolute atomic E-state index is 11.9. The third kappa shape index (κ3) is 9.61. The Morgan fingerprint density at radius 1 is 1.33 bits per heavy atom. The summed E-state index contributed by atoms with van der Waals surface area (Å²) in [6, 6.07) is 5.69. The van der Waals surface area contributed by atoms with Crippen LogP contribution in [-0.4, -0.2) is 44.2 Å². The van der Waals surface area contributed by atoms with E-state index in [1.165, 1.54) is 0 Å². The largest absolute Gasteiger partial charge is 0.480 e. The number of unbranched alkanes of at least 4 members (excludes halogenated alkanes) is 1. The van der Waals surface area contributed by atoms with Crippen LogP contribution in [0.4, 0.5) is 0 Å². The molecule has 0 saturated carbocycles. The molecule has 7 nitrogen and oxygen atoms in total. The molecule has 4 N–H and O–H groups in total. The van der Waals surface area contributed by atoms with Crippen molar-refractivity contribution in [2.24, 2.45) is 5.73 Å². The van der Waals surface area contributed by atoms with Crippen molar-refractivity contribution in [3.05, 3.63) is 29.8 Å². The Balaban J connectivity index is 0.00000118. The molecule has 0 radical (unpaired) electrons. The van der Waals surface area contributed by atoms with Gasteiger partial charge in [0.2, 0.25) is 10.0 Å². The van der Waals surface area contributed by atoms with Crippen LogP contribution >= 0.6 is 11.6 Å². The number of alkyl halides is 1. The fourth-order valence-corrected chi connectivity index (χ4v) is 2.69. The van der Waals surface area contributed by atoms with Gasteiger partial charge < -0.3 is 15.6 Å². The highest BCUT2D eigenvalue weighted by Gasteiger charge is 2.13. The summed E-state index contributed by atoms with van der Waals surface area (Å²) in [5.41, 5.74) is 6.34. The van der Waals surface area contributed by atoms with Crippen molar-refractivity contribution in [3.63, 3.8) is 0 Å². The average molecular weight is 379 g/mol. The molecule has 1 aromatic carbocycles. The molecule has 24 heavy (non-hydrogen) atoms. The topological polar surface area (TPSA) is 127 Å². The van der Waals surface area contributed by atoms with Gasteiger partial charge in [-0.1, -0.05) is 24.1 Å². The van der Waals surface area contributed by atoms with E-state index in [2.05, 4.69) is 4.72 Å². The average Bonchev–Trinajstić information content (AvgIpc) is 2.54. The minimum atomic E-state index is -3.49. The number of nitrogens with two attached hydrogens (primary N) is 1. The van der Waals surface area contributed by atoms with Crippen molar-refractivity contribution in [2.75, 3.05) is 12.4 Å². The van der Waals surface area contributed by atoms with Crippen LogP contribution in [0.15, 0.2) is 29.2 Å². The summed E-state index contributed by atoms with van der Waals surface area (Å²) < 4.78 is 26.3. The standard InChI is InChI=1S/C13H20N2O4S.C2H3ClO/c1-10-5-7-11(8-6-10)20(18,19)15-9-3-2-4-12(14)13(16)17;3-1-2-4/h5-8,12,15H,2-4,9,14H2,1H3,(H,16,17);2H,1H2/t12-;/m0./s1. The van der Waals surface area contributed by atoms with Crippen LogP contribution in [0, 0.1) is 6.92 Å². The summed E-state index contributed by atoms with van der Waals surface area (Å²) >= 11 is 4.82. The summed E-state index contributed by atoms with van der Waals surface area (Å²) in [7, 11) is -3.49. The highest BCUT2D eigenvalue weighted by atomic mass is 35.5. The first-order valence-corrected chi connectivity index (χ1v) is 9.30. The van der Waals surface area contributed by atoms with E-state index in [0.29, 0.717) is 25.5 Å². The first-order chi connectivity index (χ1) is 11.2. The van der Waals surface area contributed by atoms with E-state index in [9.17, 15) is 13.2 Å². The zero-order chi connectivity index (χ0) is 18.6. The first kappa shape index (κ1) is 22.5. The van der Waals surface area contributed by atoms with Crippen LogP contribution in [0.3, 0.4) is 0 Å². The third-order valence-corrected chi connectivity index (χ3v) is 4.55. The summed E-state index contributed by atoms with van der Waals surface area (Å²) in [5, 5.41) is 8.60. The second-order valence-corrected chi connectivity index (χ2v) is 7.05. The van der Waals surface area contributed by atoms with Gasteiger partial charge in [0, 0.05) is 6.54 Å². The summed E-state index contributed by atoms with van der Waals surface area (Å²) in [5.74, 6) is -0.926. The van der Waals surface area contributed by atoms with Gasteiger partial charge in [-0.3, -0.25) is 4.79 Å². The number of aliphatic carboxylic acids is 1. The Morgan fingerprint density at radius 2 is 1.88 bits per heavy atom. The third-order valence-electron chi connectivity index (χ3n) is 2.95. The number of nitrogens with one attached hydrogen (secondary N) is 1. The van der Waals surface area contributed by atoms with E-state index in [0.717, 1.165) is 5.56 Å². The molecule has 0 aliphatic heterocycles. The molecular formula is C15H23ClN2O5S. The maximum Gasteiger partial charge on any atom is 0.320 e. The normalized spacial score (nSPS) is 12.0. The monoisotopic (exact) mass is 378 g/mol. The lowest BCUT2D eigenvalue weighted by atomic mass is 10.1. The Morgan fingerprint density at radius 3 is 2.33 bits per heavy atom. The highest BCUT2D eigenvalue weighted by Crippen LogP contribution is 2.10. The van der Waals surface area contributed by atoms with Crippen LogP contribution in [0.1, 0.15) is 24.8 Å². The van der Waals surface area contributed by atoms with Gasteiger partial charge in [0.1, 0.15) is 12.3 Å². The molecule has 0 spiro atoms. The summed E-state index contributed by atoms with van der Waals surface area (Å²) in [6.07, 6.45) is 2.08. The lowest BCUT2D eigenvalue weighted by Gasteiger charge is -2.08. The van der Waals surface area contributed by atoms with Crippen LogP contribution in [0.5, 0.6) is 0 Å². The maximum atomic E-state index is 11.9. The molecule has 0 unspecified atom stereocenters. The summed E-state index contributed by atoms with van der Waals surface area (Å²) in [4.78, 5) is 19.8. The predicted molar refractivity (Wildman–Crippen MR) is 92.6 cm³/mol. The van der Waals surface area contributed by atoms with Gasteiger partial charge in [-0.25, -0.2) is 13.1 Å². The van der Waals surface area contributed by atoms with E-state index >= 15 is 0 Å². The number of carboxylic acids is 1. The molecule has 0 aliphatic carbocycles. The molecule has 1 rings (SSSR count). The Labute approximate surface area is 147 Å². The molecule has 0 saturated heterocycles. The van der Waals surface area contributed by atoms with Crippen molar-refractivity contribution in [2.45, 2.75) is 37.1 Å². The van der Waals surface area contributed by atoms with Gasteiger partial charge >= 0.3 is 5.97 Å². The number of aldehydes is 1. The van der Waals surface area contributed by atoms with E-state index in [1.807, 2.05) is 6.92 Å². The molecule has 0 bridgehead atoms. The zero-order valence-electron chi connectivity index (χ0n) is 13.4. The van der Waals surface area contributed by atoms with Crippen molar-refractivity contribution < 1.29 is 23.1 Å². The fraction of sp³-hybridized carbons (Fsp3) is 0.467. The number of rotatable bonds is 9. The molecule has 0 aromatic heterocycles. The number of carboxylic acid groups (broad SMARTS) is 1. The summed E-state index contributed by atoms with van der Waals surface area (Å²) in [6.45, 7) is 2.15. The number of carbonyl (C=O) groups excluding carboxylic acids is 1. The molecule has 1 atom stereocenters. The van der Waals surface area contributed by atoms with E-state index in [4.69, 9.17) is 27.2 Å². The number of aryl methyl sites for hydroxylation is 1. The predicted octanol–water partition coefficient (Wildman–Crippen LogP) is 1.28. The SMILES string of the molecule is Cc1ccc(S(=O)(=O)NCCCC[C@H](N)C(=O)O)cc1.O=CCCl. The van der Waals surface area contributed by atoms with Gasteiger partial charge in [-0.2, -0.15) is 0 Å². The van der Waals surface area contributed by atoms with Crippen LogP contribution in [0.2, 0.25) is 0 Å². The number of hydrogen-bond donors (Lipinski definition) is 3. The molecule has 0 aliphatic rings. The van der Waals surface area contributed by atoms with E-state index in [1.54, 1.807) is 24.3 Å². The minimum Gasteiger partial charge on any atom is -0.480 e. The molecule has 0 fully saturated rings. The number of benzene rings is 1. The van der Waals surface area contributed by atoms with Gasteiger partial charge in [-0.15, -0.1) is 11.6 Å². The Hall–Kier alpha value is -1.48. The van der Waals surface area contributed by atoms with Crippen molar-refractivity contribution >= 4 is 33.9 Å². The van der Waals surface area contributed by atoms with E-state index < -0.39 is 22.0 Å². The first-order valence-electron chi connectivity index (χ1n) is 7.29. The number of hydrogen-bond acceptors (Lipinski definition) is 5. The second kappa shape index (κ2) is 12.0. The minimum absolute atomic E-state index is 0.111.